The number of carboxylic acid groups (broad SMARTS) is 1. The van der Waals surface area contributed by atoms with E-state index in [4.69, 9.17) is 20.6 Å². The molecule has 0 saturated heterocycles. The molecule has 1 aromatic carbocycles. The molecule has 128 valence electrons. The summed E-state index contributed by atoms with van der Waals surface area (Å²) < 4.78 is 15.0. The number of aromatic hydroxyl groups is 1. The minimum atomic E-state index is -4.83. The lowest BCUT2D eigenvalue weighted by molar-refractivity contribution is -0.141. The number of nitrogens with one attached hydrogen (secondary N) is 1. The van der Waals surface area contributed by atoms with Crippen molar-refractivity contribution in [2.24, 2.45) is 5.73 Å². The molecule has 0 aliphatic heterocycles. The van der Waals surface area contributed by atoms with Crippen LogP contribution in [0.25, 0.3) is 0 Å². The Kier molecular flexibility index (Phi) is 6.11. The third-order valence-corrected chi connectivity index (χ3v) is 3.14. The number of rotatable bonds is 7. The van der Waals surface area contributed by atoms with Crippen molar-refractivity contribution in [3.05, 3.63) is 23.8 Å². The lowest BCUT2D eigenvalue weighted by Gasteiger charge is -2.16. The van der Waals surface area contributed by atoms with E-state index in [0.29, 0.717) is 5.56 Å². The van der Waals surface area contributed by atoms with Crippen molar-refractivity contribution in [1.82, 2.24) is 5.32 Å². The van der Waals surface area contributed by atoms with Gasteiger partial charge in [-0.2, -0.15) is 0 Å². The SMILES string of the molecule is C[C@H](N)C(=O)N[C@@H](Cc1ccc(OP(=O)(O)O)c(O)c1)C(=O)O. The zero-order valence-corrected chi connectivity index (χ0v) is 12.9. The van der Waals surface area contributed by atoms with Crippen molar-refractivity contribution >= 4 is 19.7 Å². The molecule has 0 fully saturated rings. The number of aliphatic carboxylic acids is 1. The van der Waals surface area contributed by atoms with E-state index >= 15 is 0 Å². The normalized spacial score (nSPS) is 13.9. The highest BCUT2D eigenvalue weighted by Crippen LogP contribution is 2.41. The van der Waals surface area contributed by atoms with E-state index in [-0.39, 0.29) is 6.42 Å². The van der Waals surface area contributed by atoms with E-state index in [1.807, 2.05) is 0 Å². The van der Waals surface area contributed by atoms with Crippen LogP contribution in [0.5, 0.6) is 11.5 Å². The van der Waals surface area contributed by atoms with Gasteiger partial charge in [-0.25, -0.2) is 9.36 Å². The van der Waals surface area contributed by atoms with Crippen LogP contribution in [0, 0.1) is 0 Å². The van der Waals surface area contributed by atoms with Gasteiger partial charge in [-0.1, -0.05) is 6.07 Å². The number of carbonyl (C=O) groups excluding carboxylic acids is 1. The third-order valence-electron chi connectivity index (χ3n) is 2.71. The summed E-state index contributed by atoms with van der Waals surface area (Å²) in [5.41, 5.74) is 5.65. The predicted octanol–water partition coefficient (Wildman–Crippen LogP) is -0.677. The molecular formula is C12H17N2O8P. The number of benzene rings is 1. The molecule has 23 heavy (non-hydrogen) atoms. The largest absolute Gasteiger partial charge is 0.524 e. The first-order valence-corrected chi connectivity index (χ1v) is 7.88. The van der Waals surface area contributed by atoms with Gasteiger partial charge >= 0.3 is 13.8 Å². The van der Waals surface area contributed by atoms with Gasteiger partial charge in [-0.3, -0.25) is 14.6 Å². The molecule has 0 spiro atoms. The average molecular weight is 348 g/mol. The third kappa shape index (κ3) is 6.25. The van der Waals surface area contributed by atoms with E-state index in [2.05, 4.69) is 9.84 Å². The quantitative estimate of drug-likeness (QED) is 0.348. The second kappa shape index (κ2) is 7.42. The van der Waals surface area contributed by atoms with Gasteiger partial charge in [0.2, 0.25) is 5.91 Å². The van der Waals surface area contributed by atoms with Crippen molar-refractivity contribution in [2.45, 2.75) is 25.4 Å². The monoisotopic (exact) mass is 348 g/mol. The average Bonchev–Trinajstić information content (AvgIpc) is 2.39. The fourth-order valence-corrected chi connectivity index (χ4v) is 2.04. The maximum atomic E-state index is 11.5. The minimum Gasteiger partial charge on any atom is -0.504 e. The van der Waals surface area contributed by atoms with Gasteiger partial charge in [0.25, 0.3) is 0 Å². The van der Waals surface area contributed by atoms with Crippen LogP contribution in [-0.4, -0.2) is 44.0 Å². The number of carboxylic acids is 1. The highest BCUT2D eigenvalue weighted by molar-refractivity contribution is 7.46. The molecule has 0 aromatic heterocycles. The standard InChI is InChI=1S/C12H17N2O8P/c1-6(13)11(16)14-8(12(17)18)4-7-2-3-10(9(15)5-7)22-23(19,20)21/h2-3,5-6,8,15H,4,13H2,1H3,(H,14,16)(H,17,18)(H2,19,20,21)/t6-,8-/m0/s1. The summed E-state index contributed by atoms with van der Waals surface area (Å²) in [7, 11) is -4.83. The maximum absolute atomic E-state index is 11.5. The summed E-state index contributed by atoms with van der Waals surface area (Å²) >= 11 is 0. The summed E-state index contributed by atoms with van der Waals surface area (Å²) in [5.74, 6) is -2.97. The molecule has 10 nitrogen and oxygen atoms in total. The zero-order chi connectivity index (χ0) is 17.8. The van der Waals surface area contributed by atoms with E-state index < -0.39 is 43.3 Å². The Bertz CT molecular complexity index is 642. The van der Waals surface area contributed by atoms with Crippen molar-refractivity contribution < 1.29 is 38.7 Å². The van der Waals surface area contributed by atoms with E-state index in [1.165, 1.54) is 13.0 Å². The van der Waals surface area contributed by atoms with Gasteiger partial charge in [0, 0.05) is 6.42 Å². The number of hydrogen-bond donors (Lipinski definition) is 6. The van der Waals surface area contributed by atoms with Crippen molar-refractivity contribution in [1.29, 1.82) is 0 Å². The fourth-order valence-electron chi connectivity index (χ4n) is 1.63. The number of carbonyl (C=O) groups is 2. The minimum absolute atomic E-state index is 0.169. The Labute approximate surface area is 131 Å². The Hall–Kier alpha value is -2.13. The number of hydrogen-bond acceptors (Lipinski definition) is 6. The molecular weight excluding hydrogens is 331 g/mol. The molecule has 0 bridgehead atoms. The van der Waals surface area contributed by atoms with Gasteiger partial charge in [0.15, 0.2) is 11.5 Å². The summed E-state index contributed by atoms with van der Waals surface area (Å²) in [4.78, 5) is 40.0. The molecule has 0 radical (unpaired) electrons. The van der Waals surface area contributed by atoms with Crippen LogP contribution in [0.15, 0.2) is 18.2 Å². The molecule has 1 amide bonds. The molecule has 0 aliphatic rings. The van der Waals surface area contributed by atoms with Crippen molar-refractivity contribution in [3.8, 4) is 11.5 Å². The first-order chi connectivity index (χ1) is 10.5. The number of nitrogens with two attached hydrogens (primary N) is 1. The lowest BCUT2D eigenvalue weighted by Crippen LogP contribution is -2.48. The molecule has 7 N–H and O–H groups in total. The molecule has 0 heterocycles. The van der Waals surface area contributed by atoms with E-state index in [0.717, 1.165) is 12.1 Å². The summed E-state index contributed by atoms with van der Waals surface area (Å²) in [6.45, 7) is 1.40. The Morgan fingerprint density at radius 2 is 2.00 bits per heavy atom. The van der Waals surface area contributed by atoms with Crippen molar-refractivity contribution in [3.63, 3.8) is 0 Å². The van der Waals surface area contributed by atoms with Gasteiger partial charge in [0.1, 0.15) is 6.04 Å². The van der Waals surface area contributed by atoms with Crippen LogP contribution in [0.1, 0.15) is 12.5 Å². The van der Waals surface area contributed by atoms with Crippen LogP contribution in [0.2, 0.25) is 0 Å². The van der Waals surface area contributed by atoms with Gasteiger partial charge in [-0.05, 0) is 24.6 Å². The van der Waals surface area contributed by atoms with Crippen LogP contribution < -0.4 is 15.6 Å². The smallest absolute Gasteiger partial charge is 0.504 e. The molecule has 1 aromatic rings. The lowest BCUT2D eigenvalue weighted by atomic mass is 10.0. The van der Waals surface area contributed by atoms with Crippen molar-refractivity contribution in [2.75, 3.05) is 0 Å². The van der Waals surface area contributed by atoms with E-state index in [1.54, 1.807) is 0 Å². The molecule has 1 rings (SSSR count). The van der Waals surface area contributed by atoms with Crippen LogP contribution >= 0.6 is 7.82 Å². The first-order valence-electron chi connectivity index (χ1n) is 6.35. The predicted molar refractivity (Wildman–Crippen MR) is 77.7 cm³/mol. The summed E-state index contributed by atoms with van der Waals surface area (Å²) in [6, 6.07) is 1.30. The van der Waals surface area contributed by atoms with Crippen LogP contribution in [0.3, 0.4) is 0 Å². The molecule has 11 heteroatoms. The Morgan fingerprint density at radius 1 is 1.39 bits per heavy atom. The maximum Gasteiger partial charge on any atom is 0.524 e. The number of amides is 1. The molecule has 0 saturated carbocycles. The fraction of sp³-hybridized carbons (Fsp3) is 0.333. The van der Waals surface area contributed by atoms with Gasteiger partial charge in [-0.15, -0.1) is 0 Å². The highest BCUT2D eigenvalue weighted by Gasteiger charge is 2.23. The number of phenolic OH excluding ortho intramolecular Hbond substituents is 1. The zero-order valence-electron chi connectivity index (χ0n) is 12.0. The van der Waals surface area contributed by atoms with Crippen LogP contribution in [-0.2, 0) is 20.6 Å². The van der Waals surface area contributed by atoms with Gasteiger partial charge < -0.3 is 25.8 Å². The summed E-state index contributed by atoms with van der Waals surface area (Å²) in [5, 5.41) is 21.0. The van der Waals surface area contributed by atoms with E-state index in [9.17, 15) is 19.3 Å². The number of phenols is 1. The second-order valence-corrected chi connectivity index (χ2v) is 5.94. The molecule has 0 unspecified atom stereocenters. The second-order valence-electron chi connectivity index (χ2n) is 4.78. The van der Waals surface area contributed by atoms with Crippen LogP contribution in [0.4, 0.5) is 0 Å². The number of phosphoric ester groups is 1. The summed E-state index contributed by atoms with van der Waals surface area (Å²) in [6.07, 6.45) is -0.169. The highest BCUT2D eigenvalue weighted by atomic mass is 31.2. The number of phosphoric acid groups is 1. The molecule has 0 aliphatic carbocycles. The van der Waals surface area contributed by atoms with Gasteiger partial charge in [0.05, 0.1) is 6.04 Å². The molecule has 2 atom stereocenters. The Balaban J connectivity index is 2.89. The Morgan fingerprint density at radius 3 is 2.43 bits per heavy atom. The topological polar surface area (TPSA) is 179 Å². The first kappa shape index (κ1) is 18.9.